The van der Waals surface area contributed by atoms with E-state index in [2.05, 4.69) is 10.6 Å². The first-order valence-corrected chi connectivity index (χ1v) is 6.01. The van der Waals surface area contributed by atoms with E-state index in [1.807, 2.05) is 0 Å². The predicted octanol–water partition coefficient (Wildman–Crippen LogP) is -0.512. The van der Waals surface area contributed by atoms with Crippen molar-refractivity contribution in [2.45, 2.75) is 37.3 Å². The van der Waals surface area contributed by atoms with Gasteiger partial charge < -0.3 is 20.5 Å². The maximum Gasteiger partial charge on any atom is 0.329 e. The Kier molecular flexibility index (Phi) is 3.63. The topological polar surface area (TPSA) is 87.7 Å². The molecule has 0 bridgehead atoms. The minimum atomic E-state index is -1.06. The molecule has 17 heavy (non-hydrogen) atoms. The van der Waals surface area contributed by atoms with Gasteiger partial charge in [-0.2, -0.15) is 0 Å². The van der Waals surface area contributed by atoms with E-state index in [-0.39, 0.29) is 5.91 Å². The lowest BCUT2D eigenvalue weighted by Crippen LogP contribution is -2.59. The first-order chi connectivity index (χ1) is 8.14. The Morgan fingerprint density at radius 1 is 1.35 bits per heavy atom. The van der Waals surface area contributed by atoms with Crippen molar-refractivity contribution < 1.29 is 19.4 Å². The van der Waals surface area contributed by atoms with Gasteiger partial charge in [-0.1, -0.05) is 12.8 Å². The standard InChI is InChI=1S/C11H18N2O4/c14-9(8-7-17-6-5-12-8)13-11(10(15)16)3-1-2-4-11/h8,12H,1-7H2,(H,13,14)(H,15,16). The van der Waals surface area contributed by atoms with Crippen molar-refractivity contribution >= 4 is 11.9 Å². The highest BCUT2D eigenvalue weighted by atomic mass is 16.5. The molecule has 6 heteroatoms. The number of ether oxygens (including phenoxy) is 1. The maximum absolute atomic E-state index is 11.9. The van der Waals surface area contributed by atoms with Gasteiger partial charge >= 0.3 is 5.97 Å². The number of hydrogen-bond donors (Lipinski definition) is 3. The van der Waals surface area contributed by atoms with Crippen LogP contribution >= 0.6 is 0 Å². The van der Waals surface area contributed by atoms with Gasteiger partial charge in [-0.15, -0.1) is 0 Å². The zero-order valence-corrected chi connectivity index (χ0v) is 9.70. The highest BCUT2D eigenvalue weighted by Gasteiger charge is 2.43. The van der Waals surface area contributed by atoms with E-state index in [4.69, 9.17) is 4.74 Å². The summed E-state index contributed by atoms with van der Waals surface area (Å²) in [6.07, 6.45) is 2.73. The van der Waals surface area contributed by atoms with Crippen LogP contribution in [0.3, 0.4) is 0 Å². The van der Waals surface area contributed by atoms with Gasteiger partial charge in [-0.25, -0.2) is 4.79 Å². The van der Waals surface area contributed by atoms with Crippen LogP contribution in [-0.4, -0.2) is 48.3 Å². The van der Waals surface area contributed by atoms with E-state index in [1.54, 1.807) is 0 Å². The molecule has 0 aromatic carbocycles. The van der Waals surface area contributed by atoms with E-state index < -0.39 is 17.6 Å². The zero-order valence-electron chi connectivity index (χ0n) is 9.70. The molecule has 1 saturated heterocycles. The number of nitrogens with one attached hydrogen (secondary N) is 2. The van der Waals surface area contributed by atoms with Gasteiger partial charge in [0.2, 0.25) is 5.91 Å². The number of carbonyl (C=O) groups is 2. The molecule has 0 aromatic rings. The van der Waals surface area contributed by atoms with Crippen LogP contribution in [0.25, 0.3) is 0 Å². The second-order valence-corrected chi connectivity index (χ2v) is 4.67. The van der Waals surface area contributed by atoms with Crippen LogP contribution in [0.5, 0.6) is 0 Å². The second-order valence-electron chi connectivity index (χ2n) is 4.67. The van der Waals surface area contributed by atoms with Crippen LogP contribution in [0.1, 0.15) is 25.7 Å². The van der Waals surface area contributed by atoms with Crippen molar-refractivity contribution in [3.05, 3.63) is 0 Å². The molecule has 1 atom stereocenters. The van der Waals surface area contributed by atoms with Crippen molar-refractivity contribution in [3.8, 4) is 0 Å². The fourth-order valence-electron chi connectivity index (χ4n) is 2.43. The third-order valence-electron chi connectivity index (χ3n) is 3.47. The summed E-state index contributed by atoms with van der Waals surface area (Å²) < 4.78 is 5.19. The van der Waals surface area contributed by atoms with E-state index >= 15 is 0 Å². The lowest BCUT2D eigenvalue weighted by atomic mass is 9.97. The minimum Gasteiger partial charge on any atom is -0.480 e. The minimum absolute atomic E-state index is 0.269. The molecule has 1 amide bonds. The summed E-state index contributed by atoms with van der Waals surface area (Å²) in [5.74, 6) is -1.20. The Morgan fingerprint density at radius 3 is 2.59 bits per heavy atom. The number of carboxylic acid groups (broad SMARTS) is 1. The number of carbonyl (C=O) groups excluding carboxylic acids is 1. The average Bonchev–Trinajstić information content (AvgIpc) is 2.80. The summed E-state index contributed by atoms with van der Waals surface area (Å²) in [6.45, 7) is 1.52. The third-order valence-corrected chi connectivity index (χ3v) is 3.47. The Labute approximate surface area is 99.7 Å². The van der Waals surface area contributed by atoms with Gasteiger partial charge in [-0.3, -0.25) is 4.79 Å². The van der Waals surface area contributed by atoms with Crippen LogP contribution < -0.4 is 10.6 Å². The fraction of sp³-hybridized carbons (Fsp3) is 0.818. The Morgan fingerprint density at radius 2 is 2.06 bits per heavy atom. The Bertz CT molecular complexity index is 307. The van der Waals surface area contributed by atoms with Crippen LogP contribution in [0, 0.1) is 0 Å². The molecule has 0 spiro atoms. The van der Waals surface area contributed by atoms with Crippen molar-refractivity contribution in [3.63, 3.8) is 0 Å². The number of carboxylic acids is 1. The lowest BCUT2D eigenvalue weighted by Gasteiger charge is -2.29. The van der Waals surface area contributed by atoms with E-state index in [0.29, 0.717) is 32.6 Å². The quantitative estimate of drug-likeness (QED) is 0.620. The summed E-state index contributed by atoms with van der Waals surface area (Å²) in [5, 5.41) is 14.9. The van der Waals surface area contributed by atoms with Gasteiger partial charge in [0.1, 0.15) is 11.6 Å². The number of morpholine rings is 1. The van der Waals surface area contributed by atoms with Crippen molar-refractivity contribution in [1.29, 1.82) is 0 Å². The Hall–Kier alpha value is -1.14. The summed E-state index contributed by atoms with van der Waals surface area (Å²) in [4.78, 5) is 23.2. The zero-order chi connectivity index (χ0) is 12.3. The molecule has 3 N–H and O–H groups in total. The molecule has 1 aliphatic heterocycles. The molecule has 2 fully saturated rings. The van der Waals surface area contributed by atoms with Crippen molar-refractivity contribution in [1.82, 2.24) is 10.6 Å². The van der Waals surface area contributed by atoms with Crippen LogP contribution in [0.15, 0.2) is 0 Å². The Balaban J connectivity index is 1.98. The van der Waals surface area contributed by atoms with Gasteiger partial charge in [0.25, 0.3) is 0 Å². The number of aliphatic carboxylic acids is 1. The van der Waals surface area contributed by atoms with Crippen LogP contribution in [0.4, 0.5) is 0 Å². The van der Waals surface area contributed by atoms with Crippen LogP contribution in [-0.2, 0) is 14.3 Å². The first kappa shape index (κ1) is 12.3. The van der Waals surface area contributed by atoms with Gasteiger partial charge in [0, 0.05) is 6.54 Å². The first-order valence-electron chi connectivity index (χ1n) is 6.01. The molecule has 2 aliphatic rings. The van der Waals surface area contributed by atoms with Gasteiger partial charge in [0.05, 0.1) is 13.2 Å². The monoisotopic (exact) mass is 242 g/mol. The molecule has 1 unspecified atom stereocenters. The number of amides is 1. The van der Waals surface area contributed by atoms with Crippen molar-refractivity contribution in [2.75, 3.05) is 19.8 Å². The molecule has 96 valence electrons. The van der Waals surface area contributed by atoms with Gasteiger partial charge in [0.15, 0.2) is 0 Å². The largest absolute Gasteiger partial charge is 0.480 e. The molecule has 0 aromatic heterocycles. The lowest BCUT2D eigenvalue weighted by molar-refractivity contribution is -0.148. The van der Waals surface area contributed by atoms with Crippen LogP contribution in [0.2, 0.25) is 0 Å². The number of rotatable bonds is 3. The highest BCUT2D eigenvalue weighted by molar-refractivity contribution is 5.90. The molecular weight excluding hydrogens is 224 g/mol. The van der Waals surface area contributed by atoms with E-state index in [1.165, 1.54) is 0 Å². The normalized spacial score (nSPS) is 27.6. The predicted molar refractivity (Wildman–Crippen MR) is 59.6 cm³/mol. The fourth-order valence-corrected chi connectivity index (χ4v) is 2.43. The summed E-state index contributed by atoms with van der Waals surface area (Å²) >= 11 is 0. The summed E-state index contributed by atoms with van der Waals surface area (Å²) in [6, 6.07) is -0.430. The SMILES string of the molecule is O=C(NC1(C(=O)O)CCCC1)C1COCCN1. The molecule has 1 aliphatic carbocycles. The number of hydrogen-bond acceptors (Lipinski definition) is 4. The third kappa shape index (κ3) is 2.58. The van der Waals surface area contributed by atoms with Crippen molar-refractivity contribution in [2.24, 2.45) is 0 Å². The molecular formula is C11H18N2O4. The van der Waals surface area contributed by atoms with E-state index in [9.17, 15) is 14.7 Å². The molecule has 1 saturated carbocycles. The molecule has 2 rings (SSSR count). The van der Waals surface area contributed by atoms with E-state index in [0.717, 1.165) is 12.8 Å². The molecule has 1 heterocycles. The highest BCUT2D eigenvalue weighted by Crippen LogP contribution is 2.30. The average molecular weight is 242 g/mol. The maximum atomic E-state index is 11.9. The second kappa shape index (κ2) is 5.01. The smallest absolute Gasteiger partial charge is 0.329 e. The summed E-state index contributed by atoms with van der Waals surface area (Å²) in [5.41, 5.74) is -1.06. The van der Waals surface area contributed by atoms with Gasteiger partial charge in [-0.05, 0) is 12.8 Å². The molecule has 0 radical (unpaired) electrons. The summed E-state index contributed by atoms with van der Waals surface area (Å²) in [7, 11) is 0. The molecule has 6 nitrogen and oxygen atoms in total.